The lowest BCUT2D eigenvalue weighted by Crippen LogP contribution is -2.08. The molecule has 1 atom stereocenters. The highest BCUT2D eigenvalue weighted by atomic mass is 32.2. The van der Waals surface area contributed by atoms with Gasteiger partial charge in [-0.1, -0.05) is 42.6 Å². The molecule has 0 aromatic heterocycles. The SMILES string of the molecule is CCc1cccc2c1S/C(=C(/N)C1CN1)S2. The van der Waals surface area contributed by atoms with Crippen molar-refractivity contribution >= 4 is 23.5 Å². The van der Waals surface area contributed by atoms with Gasteiger partial charge in [0, 0.05) is 22.0 Å². The maximum atomic E-state index is 6.13. The number of rotatable bonds is 2. The van der Waals surface area contributed by atoms with E-state index in [4.69, 9.17) is 5.73 Å². The van der Waals surface area contributed by atoms with Crippen LogP contribution in [0.3, 0.4) is 0 Å². The first kappa shape index (κ1) is 10.6. The number of fused-ring (bicyclic) bond motifs is 1. The predicted molar refractivity (Wildman–Crippen MR) is 70.5 cm³/mol. The molecule has 1 unspecified atom stereocenters. The van der Waals surface area contributed by atoms with E-state index in [0.717, 1.165) is 18.7 Å². The Hall–Kier alpha value is -0.580. The quantitative estimate of drug-likeness (QED) is 0.792. The van der Waals surface area contributed by atoms with Crippen molar-refractivity contribution < 1.29 is 0 Å². The van der Waals surface area contributed by atoms with Gasteiger partial charge in [0.2, 0.25) is 0 Å². The van der Waals surface area contributed by atoms with E-state index in [-0.39, 0.29) is 0 Å². The molecule has 1 aromatic carbocycles. The molecule has 0 amide bonds. The van der Waals surface area contributed by atoms with E-state index in [1.54, 1.807) is 0 Å². The monoisotopic (exact) mass is 250 g/mol. The highest BCUT2D eigenvalue weighted by molar-refractivity contribution is 8.24. The fourth-order valence-corrected chi connectivity index (χ4v) is 4.51. The van der Waals surface area contributed by atoms with E-state index >= 15 is 0 Å². The van der Waals surface area contributed by atoms with Gasteiger partial charge in [-0.05, 0) is 18.1 Å². The van der Waals surface area contributed by atoms with Crippen LogP contribution < -0.4 is 11.1 Å². The molecule has 0 radical (unpaired) electrons. The molecule has 0 spiro atoms. The molecule has 0 saturated carbocycles. The average Bonchev–Trinajstić information content (AvgIpc) is 3.06. The number of aryl methyl sites for hydroxylation is 1. The van der Waals surface area contributed by atoms with Crippen LogP contribution in [0.15, 0.2) is 37.9 Å². The van der Waals surface area contributed by atoms with Crippen LogP contribution in [0.1, 0.15) is 12.5 Å². The molecule has 1 fully saturated rings. The van der Waals surface area contributed by atoms with Crippen LogP contribution in [0, 0.1) is 0 Å². The van der Waals surface area contributed by atoms with Gasteiger partial charge >= 0.3 is 0 Å². The summed E-state index contributed by atoms with van der Waals surface area (Å²) >= 11 is 3.66. The zero-order valence-corrected chi connectivity index (χ0v) is 10.8. The number of hydrogen-bond acceptors (Lipinski definition) is 4. The average molecular weight is 250 g/mol. The maximum Gasteiger partial charge on any atom is 0.0703 e. The second kappa shape index (κ2) is 4.02. The molecule has 2 aliphatic rings. The number of nitrogens with one attached hydrogen (secondary N) is 1. The zero-order valence-electron chi connectivity index (χ0n) is 9.12. The van der Waals surface area contributed by atoms with Crippen molar-refractivity contribution in [3.05, 3.63) is 33.7 Å². The van der Waals surface area contributed by atoms with Crippen molar-refractivity contribution in [2.45, 2.75) is 29.2 Å². The van der Waals surface area contributed by atoms with Gasteiger partial charge < -0.3 is 11.1 Å². The largest absolute Gasteiger partial charge is 0.399 e. The van der Waals surface area contributed by atoms with Crippen molar-refractivity contribution in [1.29, 1.82) is 0 Å². The Bertz CT molecular complexity index is 464. The van der Waals surface area contributed by atoms with Crippen LogP contribution in [-0.4, -0.2) is 12.6 Å². The third-order valence-corrected chi connectivity index (χ3v) is 5.58. The van der Waals surface area contributed by atoms with Crippen LogP contribution in [0.25, 0.3) is 0 Å². The van der Waals surface area contributed by atoms with Crippen molar-refractivity contribution in [2.75, 3.05) is 6.54 Å². The maximum absolute atomic E-state index is 6.13. The fourth-order valence-electron chi connectivity index (χ4n) is 1.79. The van der Waals surface area contributed by atoms with Gasteiger partial charge in [-0.15, -0.1) is 0 Å². The molecule has 16 heavy (non-hydrogen) atoms. The van der Waals surface area contributed by atoms with Crippen molar-refractivity contribution in [2.24, 2.45) is 5.73 Å². The Morgan fingerprint density at radius 1 is 1.50 bits per heavy atom. The molecular formula is C12H14N2S2. The first-order valence-corrected chi connectivity index (χ1v) is 7.13. The fraction of sp³-hybridized carbons (Fsp3) is 0.333. The number of benzene rings is 1. The minimum absolute atomic E-state index is 0.425. The molecule has 0 bridgehead atoms. The van der Waals surface area contributed by atoms with Gasteiger partial charge in [0.05, 0.1) is 10.3 Å². The van der Waals surface area contributed by atoms with Gasteiger partial charge in [-0.25, -0.2) is 0 Å². The van der Waals surface area contributed by atoms with Gasteiger partial charge in [-0.2, -0.15) is 0 Å². The third-order valence-electron chi connectivity index (χ3n) is 2.86. The van der Waals surface area contributed by atoms with Crippen LogP contribution in [-0.2, 0) is 6.42 Å². The van der Waals surface area contributed by atoms with Crippen LogP contribution in [0.5, 0.6) is 0 Å². The van der Waals surface area contributed by atoms with Crippen LogP contribution in [0.2, 0.25) is 0 Å². The van der Waals surface area contributed by atoms with Crippen molar-refractivity contribution in [1.82, 2.24) is 5.32 Å². The Morgan fingerprint density at radius 3 is 3.00 bits per heavy atom. The molecule has 0 aliphatic carbocycles. The summed E-state index contributed by atoms with van der Waals surface area (Å²) in [6, 6.07) is 6.96. The zero-order chi connectivity index (χ0) is 11.1. The lowest BCUT2D eigenvalue weighted by atomic mass is 10.2. The van der Waals surface area contributed by atoms with E-state index in [1.165, 1.54) is 19.6 Å². The number of nitrogens with two attached hydrogens (primary N) is 1. The molecule has 84 valence electrons. The summed E-state index contributed by atoms with van der Waals surface area (Å²) in [6.07, 6.45) is 1.09. The summed E-state index contributed by atoms with van der Waals surface area (Å²) in [4.78, 5) is 2.77. The smallest absolute Gasteiger partial charge is 0.0703 e. The molecule has 2 heterocycles. The highest BCUT2D eigenvalue weighted by Gasteiger charge is 2.30. The number of hydrogen-bond donors (Lipinski definition) is 2. The van der Waals surface area contributed by atoms with Crippen molar-refractivity contribution in [3.63, 3.8) is 0 Å². The Balaban J connectivity index is 1.96. The summed E-state index contributed by atoms with van der Waals surface area (Å²) in [7, 11) is 0. The van der Waals surface area contributed by atoms with E-state index in [0.29, 0.717) is 6.04 Å². The standard InChI is InChI=1S/C12H14N2S2/c1-2-7-4-3-5-9-11(7)16-12(15-9)10(13)8-6-14-8/h3-5,8,14H,2,6,13H2,1H3/b12-10+. The van der Waals surface area contributed by atoms with Crippen LogP contribution in [0.4, 0.5) is 0 Å². The second-order valence-electron chi connectivity index (χ2n) is 4.01. The Labute approximate surface area is 104 Å². The van der Waals surface area contributed by atoms with Gasteiger partial charge in [-0.3, -0.25) is 0 Å². The minimum atomic E-state index is 0.425. The molecule has 3 rings (SSSR count). The van der Waals surface area contributed by atoms with E-state index < -0.39 is 0 Å². The topological polar surface area (TPSA) is 48.0 Å². The summed E-state index contributed by atoms with van der Waals surface area (Å²) < 4.78 is 1.27. The summed E-state index contributed by atoms with van der Waals surface area (Å²) in [5, 5.41) is 3.26. The molecule has 2 aliphatic heterocycles. The molecule has 3 N–H and O–H groups in total. The summed E-state index contributed by atoms with van der Waals surface area (Å²) in [5.41, 5.74) is 8.58. The first-order valence-electron chi connectivity index (χ1n) is 5.50. The van der Waals surface area contributed by atoms with E-state index in [9.17, 15) is 0 Å². The Kier molecular flexibility index (Phi) is 2.65. The third kappa shape index (κ3) is 1.75. The molecule has 2 nitrogen and oxygen atoms in total. The van der Waals surface area contributed by atoms with E-state index in [2.05, 4.69) is 30.4 Å². The number of thioether (sulfide) groups is 2. The Morgan fingerprint density at radius 2 is 2.31 bits per heavy atom. The summed E-state index contributed by atoms with van der Waals surface area (Å²) in [6.45, 7) is 3.24. The lowest BCUT2D eigenvalue weighted by molar-refractivity contribution is 1.04. The van der Waals surface area contributed by atoms with Gasteiger partial charge in [0.25, 0.3) is 0 Å². The molecule has 1 saturated heterocycles. The molecule has 4 heteroatoms. The van der Waals surface area contributed by atoms with Gasteiger partial charge in [0.1, 0.15) is 0 Å². The normalized spacial score (nSPS) is 25.4. The summed E-state index contributed by atoms with van der Waals surface area (Å²) in [5.74, 6) is 0. The highest BCUT2D eigenvalue weighted by Crippen LogP contribution is 2.53. The molecule has 1 aromatic rings. The van der Waals surface area contributed by atoms with Gasteiger partial charge in [0.15, 0.2) is 0 Å². The van der Waals surface area contributed by atoms with Crippen molar-refractivity contribution in [3.8, 4) is 0 Å². The van der Waals surface area contributed by atoms with Crippen LogP contribution >= 0.6 is 23.5 Å². The second-order valence-corrected chi connectivity index (χ2v) is 6.34. The predicted octanol–water partition coefficient (Wildman–Crippen LogP) is 2.55. The lowest BCUT2D eigenvalue weighted by Gasteiger charge is -2.02. The van der Waals surface area contributed by atoms with E-state index in [1.807, 2.05) is 23.5 Å². The first-order chi connectivity index (χ1) is 7.79. The minimum Gasteiger partial charge on any atom is -0.399 e. The molecular weight excluding hydrogens is 236 g/mol.